The van der Waals surface area contributed by atoms with Gasteiger partial charge in [-0.05, 0) is 25.2 Å². The van der Waals surface area contributed by atoms with E-state index < -0.39 is 0 Å². The minimum absolute atomic E-state index is 0.760. The Bertz CT molecular complexity index is 434. The molecule has 0 unspecified atom stereocenters. The van der Waals surface area contributed by atoms with Gasteiger partial charge in [0.25, 0.3) is 0 Å². The molecule has 1 heterocycles. The SMILES string of the molecule is CCCNc1cc(N(C)CCOCC2CC2)nc(CC)n1. The lowest BCUT2D eigenvalue weighted by Crippen LogP contribution is -2.24. The topological polar surface area (TPSA) is 50.3 Å². The number of aromatic nitrogens is 2. The molecule has 1 aromatic rings. The Hall–Kier alpha value is -1.36. The van der Waals surface area contributed by atoms with Crippen LogP contribution in [0.5, 0.6) is 0 Å². The zero-order valence-corrected chi connectivity index (χ0v) is 13.6. The Morgan fingerprint density at radius 2 is 2.14 bits per heavy atom. The minimum Gasteiger partial charge on any atom is -0.379 e. The van der Waals surface area contributed by atoms with E-state index in [4.69, 9.17) is 4.74 Å². The lowest BCUT2D eigenvalue weighted by Gasteiger charge is -2.19. The molecule has 0 spiro atoms. The Kier molecular flexibility index (Phi) is 6.23. The van der Waals surface area contributed by atoms with E-state index in [1.54, 1.807) is 0 Å². The maximum Gasteiger partial charge on any atom is 0.134 e. The molecule has 1 fully saturated rings. The maximum absolute atomic E-state index is 5.70. The number of likely N-dealkylation sites (N-methyl/N-ethyl adjacent to an activating group) is 1. The zero-order valence-electron chi connectivity index (χ0n) is 13.6. The molecule has 0 bridgehead atoms. The zero-order chi connectivity index (χ0) is 15.1. The molecule has 0 aliphatic heterocycles. The van der Waals surface area contributed by atoms with Gasteiger partial charge in [-0.3, -0.25) is 0 Å². The van der Waals surface area contributed by atoms with Crippen LogP contribution in [0.3, 0.4) is 0 Å². The molecule has 1 saturated carbocycles. The molecule has 5 nitrogen and oxygen atoms in total. The Morgan fingerprint density at radius 3 is 2.81 bits per heavy atom. The summed E-state index contributed by atoms with van der Waals surface area (Å²) in [6.07, 6.45) is 4.62. The van der Waals surface area contributed by atoms with Gasteiger partial charge in [0.2, 0.25) is 0 Å². The first-order valence-corrected chi connectivity index (χ1v) is 8.13. The molecular formula is C16H28N4O. The van der Waals surface area contributed by atoms with E-state index >= 15 is 0 Å². The van der Waals surface area contributed by atoms with Crippen molar-refractivity contribution in [2.45, 2.75) is 39.5 Å². The fourth-order valence-corrected chi connectivity index (χ4v) is 2.03. The molecule has 1 aliphatic rings. The van der Waals surface area contributed by atoms with Gasteiger partial charge in [0.05, 0.1) is 6.61 Å². The van der Waals surface area contributed by atoms with Crippen LogP contribution in [0.2, 0.25) is 0 Å². The summed E-state index contributed by atoms with van der Waals surface area (Å²) in [4.78, 5) is 11.3. The standard InChI is InChI=1S/C16H28N4O/c1-4-8-17-15-11-16(19-14(5-2)18-15)20(3)9-10-21-12-13-6-7-13/h11,13H,4-10,12H2,1-3H3,(H,17,18,19). The number of hydrogen-bond donors (Lipinski definition) is 1. The number of aryl methyl sites for hydroxylation is 1. The lowest BCUT2D eigenvalue weighted by molar-refractivity contribution is 0.131. The Labute approximate surface area is 128 Å². The number of rotatable bonds is 10. The van der Waals surface area contributed by atoms with Crippen molar-refractivity contribution in [3.8, 4) is 0 Å². The van der Waals surface area contributed by atoms with Gasteiger partial charge in [-0.15, -0.1) is 0 Å². The molecule has 0 saturated heterocycles. The summed E-state index contributed by atoms with van der Waals surface area (Å²) >= 11 is 0. The fraction of sp³-hybridized carbons (Fsp3) is 0.750. The highest BCUT2D eigenvalue weighted by Crippen LogP contribution is 2.28. The van der Waals surface area contributed by atoms with Crippen LogP contribution in [0.1, 0.15) is 38.9 Å². The predicted molar refractivity (Wildman–Crippen MR) is 87.0 cm³/mol. The first-order valence-electron chi connectivity index (χ1n) is 8.13. The minimum atomic E-state index is 0.760. The molecule has 0 atom stereocenters. The van der Waals surface area contributed by atoms with Crippen LogP contribution >= 0.6 is 0 Å². The molecule has 2 rings (SSSR count). The van der Waals surface area contributed by atoms with E-state index in [1.165, 1.54) is 12.8 Å². The molecule has 21 heavy (non-hydrogen) atoms. The molecule has 5 heteroatoms. The van der Waals surface area contributed by atoms with E-state index in [0.717, 1.165) is 62.5 Å². The molecule has 0 amide bonds. The van der Waals surface area contributed by atoms with Crippen molar-refractivity contribution in [1.29, 1.82) is 0 Å². The van der Waals surface area contributed by atoms with Crippen molar-refractivity contribution in [2.24, 2.45) is 5.92 Å². The summed E-state index contributed by atoms with van der Waals surface area (Å²) in [5.74, 6) is 3.60. The van der Waals surface area contributed by atoms with Crippen LogP contribution < -0.4 is 10.2 Å². The number of ether oxygens (including phenoxy) is 1. The maximum atomic E-state index is 5.70. The second-order valence-corrected chi connectivity index (χ2v) is 5.75. The van der Waals surface area contributed by atoms with Gasteiger partial charge >= 0.3 is 0 Å². The average molecular weight is 292 g/mol. The summed E-state index contributed by atoms with van der Waals surface area (Å²) in [7, 11) is 2.06. The van der Waals surface area contributed by atoms with Gasteiger partial charge in [0, 0.05) is 39.2 Å². The first kappa shape index (κ1) is 16.0. The molecule has 0 aromatic carbocycles. The van der Waals surface area contributed by atoms with Gasteiger partial charge in [-0.25, -0.2) is 9.97 Å². The summed E-state index contributed by atoms with van der Waals surface area (Å²) < 4.78 is 5.70. The normalized spacial score (nSPS) is 14.2. The Balaban J connectivity index is 1.88. The number of anilines is 2. The van der Waals surface area contributed by atoms with Gasteiger partial charge in [-0.2, -0.15) is 0 Å². The smallest absolute Gasteiger partial charge is 0.134 e. The van der Waals surface area contributed by atoms with Crippen molar-refractivity contribution < 1.29 is 4.74 Å². The summed E-state index contributed by atoms with van der Waals surface area (Å²) in [5.41, 5.74) is 0. The average Bonchev–Trinajstić information content (AvgIpc) is 3.33. The van der Waals surface area contributed by atoms with E-state index in [0.29, 0.717) is 0 Å². The van der Waals surface area contributed by atoms with Crippen molar-refractivity contribution in [3.63, 3.8) is 0 Å². The van der Waals surface area contributed by atoms with Gasteiger partial charge < -0.3 is 15.0 Å². The fourth-order valence-electron chi connectivity index (χ4n) is 2.03. The number of nitrogens with one attached hydrogen (secondary N) is 1. The monoisotopic (exact) mass is 292 g/mol. The first-order chi connectivity index (χ1) is 10.2. The van der Waals surface area contributed by atoms with Crippen LogP contribution in [0.15, 0.2) is 6.07 Å². The van der Waals surface area contributed by atoms with E-state index in [2.05, 4.69) is 41.1 Å². The number of hydrogen-bond acceptors (Lipinski definition) is 5. The second kappa shape index (κ2) is 8.17. The van der Waals surface area contributed by atoms with Gasteiger partial charge in [0.15, 0.2) is 0 Å². The summed E-state index contributed by atoms with van der Waals surface area (Å²) in [6.45, 7) is 7.71. The van der Waals surface area contributed by atoms with Crippen LogP contribution in [-0.2, 0) is 11.2 Å². The molecule has 1 aliphatic carbocycles. The number of nitrogens with zero attached hydrogens (tertiary/aromatic N) is 3. The third kappa shape index (κ3) is 5.50. The summed E-state index contributed by atoms with van der Waals surface area (Å²) in [6, 6.07) is 2.02. The second-order valence-electron chi connectivity index (χ2n) is 5.75. The quantitative estimate of drug-likeness (QED) is 0.672. The largest absolute Gasteiger partial charge is 0.379 e. The third-order valence-corrected chi connectivity index (χ3v) is 3.64. The highest BCUT2D eigenvalue weighted by Gasteiger charge is 2.21. The summed E-state index contributed by atoms with van der Waals surface area (Å²) in [5, 5.41) is 3.35. The van der Waals surface area contributed by atoms with Crippen molar-refractivity contribution in [3.05, 3.63) is 11.9 Å². The van der Waals surface area contributed by atoms with E-state index in [9.17, 15) is 0 Å². The molecule has 118 valence electrons. The van der Waals surface area contributed by atoms with Crippen LogP contribution in [-0.4, -0.2) is 43.3 Å². The van der Waals surface area contributed by atoms with Crippen LogP contribution in [0.4, 0.5) is 11.6 Å². The van der Waals surface area contributed by atoms with Gasteiger partial charge in [0.1, 0.15) is 17.5 Å². The van der Waals surface area contributed by atoms with E-state index in [1.807, 2.05) is 6.07 Å². The Morgan fingerprint density at radius 1 is 1.33 bits per heavy atom. The van der Waals surface area contributed by atoms with Gasteiger partial charge in [-0.1, -0.05) is 13.8 Å². The molecular weight excluding hydrogens is 264 g/mol. The van der Waals surface area contributed by atoms with Crippen LogP contribution in [0, 0.1) is 5.92 Å². The molecule has 1 aromatic heterocycles. The van der Waals surface area contributed by atoms with Crippen molar-refractivity contribution in [2.75, 3.05) is 43.6 Å². The van der Waals surface area contributed by atoms with Crippen molar-refractivity contribution >= 4 is 11.6 Å². The van der Waals surface area contributed by atoms with Crippen molar-refractivity contribution in [1.82, 2.24) is 9.97 Å². The molecule has 0 radical (unpaired) electrons. The highest BCUT2D eigenvalue weighted by atomic mass is 16.5. The molecule has 1 N–H and O–H groups in total. The van der Waals surface area contributed by atoms with E-state index in [-0.39, 0.29) is 0 Å². The van der Waals surface area contributed by atoms with Crippen LogP contribution in [0.25, 0.3) is 0 Å². The predicted octanol–water partition coefficient (Wildman–Crippen LogP) is 2.72. The highest BCUT2D eigenvalue weighted by molar-refractivity contribution is 5.49. The third-order valence-electron chi connectivity index (χ3n) is 3.64. The lowest BCUT2D eigenvalue weighted by atomic mass is 10.4.